The molecule has 2 fully saturated rings. The van der Waals surface area contributed by atoms with Crippen LogP contribution in [0, 0.1) is 5.92 Å². The Morgan fingerprint density at radius 1 is 1.38 bits per heavy atom. The molecule has 0 spiro atoms. The van der Waals surface area contributed by atoms with Crippen molar-refractivity contribution in [3.63, 3.8) is 0 Å². The van der Waals surface area contributed by atoms with E-state index < -0.39 is 17.9 Å². The molecule has 3 N–H and O–H groups in total. The van der Waals surface area contributed by atoms with Crippen LogP contribution >= 0.6 is 0 Å². The molecule has 0 radical (unpaired) electrons. The fourth-order valence-electron chi connectivity index (χ4n) is 2.61. The average molecular weight is 299 g/mol. The molecule has 2 saturated heterocycles. The smallest absolute Gasteiger partial charge is 0.318 e. The van der Waals surface area contributed by atoms with Crippen molar-refractivity contribution in [2.75, 3.05) is 32.8 Å². The molecule has 2 rings (SSSR count). The van der Waals surface area contributed by atoms with Gasteiger partial charge in [-0.3, -0.25) is 9.59 Å². The van der Waals surface area contributed by atoms with Crippen molar-refractivity contribution in [3.05, 3.63) is 0 Å². The molecule has 21 heavy (non-hydrogen) atoms. The molecule has 0 saturated carbocycles. The standard InChI is InChI=1S/C13H21N3O5/c17-11(18)7-10-12(19)14-3-4-16(10)13(20)15-8-9-1-5-21-6-2-9/h9-10H,1-8H2,(H,14,19)(H,15,20)(H,17,18). The van der Waals surface area contributed by atoms with E-state index in [1.165, 1.54) is 4.90 Å². The van der Waals surface area contributed by atoms with Crippen molar-refractivity contribution < 1.29 is 24.2 Å². The van der Waals surface area contributed by atoms with Gasteiger partial charge < -0.3 is 25.4 Å². The molecule has 0 aromatic carbocycles. The first-order chi connectivity index (χ1) is 10.1. The van der Waals surface area contributed by atoms with Crippen LogP contribution in [0.3, 0.4) is 0 Å². The Morgan fingerprint density at radius 3 is 2.76 bits per heavy atom. The molecule has 8 nitrogen and oxygen atoms in total. The molecule has 0 aliphatic carbocycles. The summed E-state index contributed by atoms with van der Waals surface area (Å²) >= 11 is 0. The first kappa shape index (κ1) is 15.6. The lowest BCUT2D eigenvalue weighted by molar-refractivity contribution is -0.142. The highest BCUT2D eigenvalue weighted by Gasteiger charge is 2.34. The monoisotopic (exact) mass is 299 g/mol. The number of urea groups is 1. The summed E-state index contributed by atoms with van der Waals surface area (Å²) in [6.45, 7) is 2.60. The maximum Gasteiger partial charge on any atom is 0.318 e. The van der Waals surface area contributed by atoms with Crippen LogP contribution in [-0.2, 0) is 14.3 Å². The zero-order valence-electron chi connectivity index (χ0n) is 11.8. The van der Waals surface area contributed by atoms with E-state index in [-0.39, 0.29) is 12.5 Å². The van der Waals surface area contributed by atoms with Crippen LogP contribution in [0.4, 0.5) is 4.79 Å². The van der Waals surface area contributed by atoms with E-state index in [1.807, 2.05) is 0 Å². The number of nitrogens with zero attached hydrogens (tertiary/aromatic N) is 1. The van der Waals surface area contributed by atoms with Gasteiger partial charge in [0.05, 0.1) is 6.42 Å². The quantitative estimate of drug-likeness (QED) is 0.642. The molecule has 1 atom stereocenters. The van der Waals surface area contributed by atoms with Crippen LogP contribution in [-0.4, -0.2) is 66.8 Å². The fraction of sp³-hybridized carbons (Fsp3) is 0.769. The predicted octanol–water partition coefficient (Wildman–Crippen LogP) is -0.602. The Morgan fingerprint density at radius 2 is 2.10 bits per heavy atom. The molecule has 2 aliphatic rings. The van der Waals surface area contributed by atoms with E-state index in [0.29, 0.717) is 38.8 Å². The number of carboxylic acid groups (broad SMARTS) is 1. The Bertz CT molecular complexity index is 409. The predicted molar refractivity (Wildman–Crippen MR) is 72.7 cm³/mol. The first-order valence-corrected chi connectivity index (χ1v) is 7.19. The summed E-state index contributed by atoms with van der Waals surface area (Å²) in [6.07, 6.45) is 1.43. The van der Waals surface area contributed by atoms with E-state index >= 15 is 0 Å². The number of nitrogens with one attached hydrogen (secondary N) is 2. The zero-order valence-corrected chi connectivity index (χ0v) is 11.8. The average Bonchev–Trinajstić information content (AvgIpc) is 2.47. The highest BCUT2D eigenvalue weighted by molar-refractivity contribution is 5.91. The van der Waals surface area contributed by atoms with Crippen LogP contribution in [0.1, 0.15) is 19.3 Å². The molecule has 1 unspecified atom stereocenters. The number of carboxylic acids is 1. The summed E-state index contributed by atoms with van der Waals surface area (Å²) in [5, 5.41) is 14.3. The number of hydrogen-bond donors (Lipinski definition) is 3. The fourth-order valence-corrected chi connectivity index (χ4v) is 2.61. The molecule has 0 aromatic rings. The molecule has 3 amide bonds. The number of hydrogen-bond acceptors (Lipinski definition) is 4. The third-order valence-electron chi connectivity index (χ3n) is 3.84. The molecular weight excluding hydrogens is 278 g/mol. The topological polar surface area (TPSA) is 108 Å². The lowest BCUT2D eigenvalue weighted by Crippen LogP contribution is -2.60. The Kier molecular flexibility index (Phi) is 5.38. The van der Waals surface area contributed by atoms with Gasteiger partial charge in [0.1, 0.15) is 6.04 Å². The molecule has 2 heterocycles. The SMILES string of the molecule is O=C(O)CC1C(=O)NCCN1C(=O)NCC1CCOCC1. The van der Waals surface area contributed by atoms with Crippen molar-refractivity contribution in [1.82, 2.24) is 15.5 Å². The van der Waals surface area contributed by atoms with Crippen LogP contribution in [0.2, 0.25) is 0 Å². The van der Waals surface area contributed by atoms with Crippen molar-refractivity contribution in [2.45, 2.75) is 25.3 Å². The zero-order chi connectivity index (χ0) is 15.2. The summed E-state index contributed by atoms with van der Waals surface area (Å²) in [4.78, 5) is 36.1. The highest BCUT2D eigenvalue weighted by Crippen LogP contribution is 2.14. The van der Waals surface area contributed by atoms with Crippen molar-refractivity contribution in [3.8, 4) is 0 Å². The van der Waals surface area contributed by atoms with Gasteiger partial charge >= 0.3 is 12.0 Å². The number of aliphatic carboxylic acids is 1. The summed E-state index contributed by atoms with van der Waals surface area (Å²) < 4.78 is 5.26. The van der Waals surface area contributed by atoms with Gasteiger partial charge in [0.2, 0.25) is 5.91 Å². The second-order valence-corrected chi connectivity index (χ2v) is 5.34. The second-order valence-electron chi connectivity index (χ2n) is 5.34. The summed E-state index contributed by atoms with van der Waals surface area (Å²) in [6, 6.07) is -1.31. The first-order valence-electron chi connectivity index (χ1n) is 7.19. The summed E-state index contributed by atoms with van der Waals surface area (Å²) in [5.74, 6) is -1.14. The summed E-state index contributed by atoms with van der Waals surface area (Å²) in [7, 11) is 0. The number of rotatable bonds is 4. The van der Waals surface area contributed by atoms with Gasteiger partial charge in [0.25, 0.3) is 0 Å². The maximum atomic E-state index is 12.2. The minimum absolute atomic E-state index is 0.323. The van der Waals surface area contributed by atoms with E-state index in [0.717, 1.165) is 12.8 Å². The van der Waals surface area contributed by atoms with Gasteiger partial charge in [0.15, 0.2) is 0 Å². The molecule has 118 valence electrons. The van der Waals surface area contributed by atoms with Crippen LogP contribution in [0.5, 0.6) is 0 Å². The third-order valence-corrected chi connectivity index (χ3v) is 3.84. The van der Waals surface area contributed by atoms with Gasteiger partial charge in [-0.25, -0.2) is 4.79 Å². The van der Waals surface area contributed by atoms with E-state index in [1.54, 1.807) is 0 Å². The number of ether oxygens (including phenoxy) is 1. The van der Waals surface area contributed by atoms with E-state index in [4.69, 9.17) is 9.84 Å². The van der Waals surface area contributed by atoms with E-state index in [9.17, 15) is 14.4 Å². The molecule has 0 aromatic heterocycles. The van der Waals surface area contributed by atoms with Gasteiger partial charge in [-0.2, -0.15) is 0 Å². The highest BCUT2D eigenvalue weighted by atomic mass is 16.5. The maximum absolute atomic E-state index is 12.2. The molecule has 2 aliphatic heterocycles. The van der Waals surface area contributed by atoms with Gasteiger partial charge in [-0.1, -0.05) is 0 Å². The van der Waals surface area contributed by atoms with E-state index in [2.05, 4.69) is 10.6 Å². The van der Waals surface area contributed by atoms with Crippen LogP contribution in [0.25, 0.3) is 0 Å². The van der Waals surface area contributed by atoms with Crippen LogP contribution < -0.4 is 10.6 Å². The lowest BCUT2D eigenvalue weighted by Gasteiger charge is -2.34. The summed E-state index contributed by atoms with van der Waals surface area (Å²) in [5.41, 5.74) is 0. The van der Waals surface area contributed by atoms with Crippen molar-refractivity contribution in [2.24, 2.45) is 5.92 Å². The molecule has 8 heteroatoms. The Balaban J connectivity index is 1.88. The van der Waals surface area contributed by atoms with Crippen molar-refractivity contribution >= 4 is 17.9 Å². The Hall–Kier alpha value is -1.83. The van der Waals surface area contributed by atoms with Gasteiger partial charge in [0, 0.05) is 32.8 Å². The molecular formula is C13H21N3O5. The minimum atomic E-state index is -1.10. The Labute approximate surface area is 122 Å². The lowest BCUT2D eigenvalue weighted by atomic mass is 10.0. The minimum Gasteiger partial charge on any atom is -0.481 e. The van der Waals surface area contributed by atoms with Gasteiger partial charge in [-0.05, 0) is 18.8 Å². The number of carbonyl (C=O) groups is 3. The molecule has 0 bridgehead atoms. The number of carbonyl (C=O) groups excluding carboxylic acids is 2. The number of amides is 3. The van der Waals surface area contributed by atoms with Crippen LogP contribution in [0.15, 0.2) is 0 Å². The largest absolute Gasteiger partial charge is 0.481 e. The van der Waals surface area contributed by atoms with Gasteiger partial charge in [-0.15, -0.1) is 0 Å². The number of piperazine rings is 1. The normalized spacial score (nSPS) is 23.5. The third kappa shape index (κ3) is 4.32. The van der Waals surface area contributed by atoms with Crippen molar-refractivity contribution in [1.29, 1.82) is 0 Å². The second kappa shape index (κ2) is 7.26.